The Morgan fingerprint density at radius 3 is 1.80 bits per heavy atom. The molecule has 1 unspecified atom stereocenters. The molecule has 1 atom stereocenters. The van der Waals surface area contributed by atoms with Crippen molar-refractivity contribution in [1.82, 2.24) is 0 Å². The molecule has 2 aromatic rings. The van der Waals surface area contributed by atoms with Gasteiger partial charge < -0.3 is 5.11 Å². The van der Waals surface area contributed by atoms with Gasteiger partial charge in [0.15, 0.2) is 0 Å². The molecule has 0 aromatic heterocycles. The van der Waals surface area contributed by atoms with E-state index in [-0.39, 0.29) is 0 Å². The number of hydrogen-bond donors (Lipinski definition) is 1. The Kier molecular flexibility index (Phi) is 4.13. The quantitative estimate of drug-likeness (QED) is 0.921. The van der Waals surface area contributed by atoms with E-state index in [2.05, 4.69) is 0 Å². The van der Waals surface area contributed by atoms with Gasteiger partial charge in [0.2, 0.25) is 0 Å². The first-order valence-corrected chi connectivity index (χ1v) is 6.23. The van der Waals surface area contributed by atoms with Crippen molar-refractivity contribution in [3.05, 3.63) is 71.3 Å². The number of benzene rings is 2. The van der Waals surface area contributed by atoms with Crippen molar-refractivity contribution in [1.29, 1.82) is 0 Å². The highest BCUT2D eigenvalue weighted by atomic mass is 19.1. The van der Waals surface area contributed by atoms with E-state index in [1.807, 2.05) is 0 Å². The highest BCUT2D eigenvalue weighted by molar-refractivity contribution is 5.72. The standard InChI is InChI=1S/C16H14F2O2/c1-10(16(19)20)15(11-4-2-6-13(17)8-11)12-5-3-7-14(18)9-12/h2-10,15H,1H3,(H,19,20). The van der Waals surface area contributed by atoms with Crippen molar-refractivity contribution in [3.8, 4) is 0 Å². The van der Waals surface area contributed by atoms with Crippen LogP contribution in [-0.2, 0) is 4.79 Å². The minimum Gasteiger partial charge on any atom is -0.481 e. The van der Waals surface area contributed by atoms with Crippen molar-refractivity contribution in [2.24, 2.45) is 5.92 Å². The second kappa shape index (κ2) is 5.82. The number of hydrogen-bond acceptors (Lipinski definition) is 1. The highest BCUT2D eigenvalue weighted by Crippen LogP contribution is 2.32. The van der Waals surface area contributed by atoms with Gasteiger partial charge >= 0.3 is 5.97 Å². The summed E-state index contributed by atoms with van der Waals surface area (Å²) in [5.74, 6) is -3.29. The molecule has 2 nitrogen and oxygen atoms in total. The van der Waals surface area contributed by atoms with Crippen LogP contribution in [-0.4, -0.2) is 11.1 Å². The fourth-order valence-corrected chi connectivity index (χ4v) is 2.31. The predicted octanol–water partition coefficient (Wildman–Crippen LogP) is 3.82. The minimum atomic E-state index is -1.01. The Hall–Kier alpha value is -2.23. The molecule has 0 aliphatic heterocycles. The zero-order valence-electron chi connectivity index (χ0n) is 10.9. The molecule has 0 saturated carbocycles. The molecule has 0 aliphatic rings. The molecular formula is C16H14F2O2. The summed E-state index contributed by atoms with van der Waals surface area (Å²) in [6.45, 7) is 1.53. The molecular weight excluding hydrogens is 262 g/mol. The molecule has 0 fully saturated rings. The minimum absolute atomic E-state index is 0.443. The smallest absolute Gasteiger partial charge is 0.307 e. The number of carboxylic acids is 1. The van der Waals surface area contributed by atoms with Crippen LogP contribution in [0.2, 0.25) is 0 Å². The molecule has 0 bridgehead atoms. The van der Waals surface area contributed by atoms with Crippen LogP contribution in [0.15, 0.2) is 48.5 Å². The predicted molar refractivity (Wildman–Crippen MR) is 71.4 cm³/mol. The number of rotatable bonds is 4. The van der Waals surface area contributed by atoms with Crippen molar-refractivity contribution in [2.75, 3.05) is 0 Å². The average molecular weight is 276 g/mol. The molecule has 0 aliphatic carbocycles. The summed E-state index contributed by atoms with van der Waals surface area (Å²) in [4.78, 5) is 11.3. The maximum absolute atomic E-state index is 13.4. The van der Waals surface area contributed by atoms with Crippen LogP contribution in [0.3, 0.4) is 0 Å². The lowest BCUT2D eigenvalue weighted by Crippen LogP contribution is -2.20. The Morgan fingerprint density at radius 1 is 1.00 bits per heavy atom. The Labute approximate surface area is 115 Å². The van der Waals surface area contributed by atoms with Gasteiger partial charge in [-0.05, 0) is 35.4 Å². The molecule has 0 amide bonds. The van der Waals surface area contributed by atoms with Crippen LogP contribution >= 0.6 is 0 Å². The lowest BCUT2D eigenvalue weighted by atomic mass is 9.81. The van der Waals surface area contributed by atoms with E-state index in [0.717, 1.165) is 0 Å². The van der Waals surface area contributed by atoms with Gasteiger partial charge in [-0.3, -0.25) is 4.79 Å². The van der Waals surface area contributed by atoms with Gasteiger partial charge in [0, 0.05) is 5.92 Å². The first kappa shape index (κ1) is 14.2. The molecule has 2 rings (SSSR count). The molecule has 0 saturated heterocycles. The van der Waals surface area contributed by atoms with E-state index in [9.17, 15) is 18.7 Å². The monoisotopic (exact) mass is 276 g/mol. The fraction of sp³-hybridized carbons (Fsp3) is 0.188. The van der Waals surface area contributed by atoms with Crippen molar-refractivity contribution >= 4 is 5.97 Å². The lowest BCUT2D eigenvalue weighted by Gasteiger charge is -2.22. The van der Waals surface area contributed by atoms with Gasteiger partial charge in [-0.2, -0.15) is 0 Å². The Morgan fingerprint density at radius 2 is 1.45 bits per heavy atom. The van der Waals surface area contributed by atoms with Crippen LogP contribution < -0.4 is 0 Å². The molecule has 1 N–H and O–H groups in total. The molecule has 0 spiro atoms. The van der Waals surface area contributed by atoms with E-state index in [0.29, 0.717) is 11.1 Å². The highest BCUT2D eigenvalue weighted by Gasteiger charge is 2.27. The second-order valence-electron chi connectivity index (χ2n) is 4.71. The van der Waals surface area contributed by atoms with Crippen LogP contribution in [0.5, 0.6) is 0 Å². The van der Waals surface area contributed by atoms with E-state index >= 15 is 0 Å². The van der Waals surface area contributed by atoms with Crippen LogP contribution in [0.4, 0.5) is 8.78 Å². The number of carboxylic acid groups (broad SMARTS) is 1. The Bertz CT molecular complexity index is 580. The number of halogens is 2. The van der Waals surface area contributed by atoms with Gasteiger partial charge in [-0.25, -0.2) is 8.78 Å². The molecule has 104 valence electrons. The normalized spacial score (nSPS) is 12.4. The SMILES string of the molecule is CC(C(=O)O)C(c1cccc(F)c1)c1cccc(F)c1. The molecule has 2 aromatic carbocycles. The Balaban J connectivity index is 2.53. The molecule has 0 radical (unpaired) electrons. The second-order valence-corrected chi connectivity index (χ2v) is 4.71. The summed E-state index contributed by atoms with van der Waals surface area (Å²) in [6, 6.07) is 11.5. The maximum Gasteiger partial charge on any atom is 0.307 e. The third kappa shape index (κ3) is 3.02. The molecule has 20 heavy (non-hydrogen) atoms. The number of aliphatic carboxylic acids is 1. The summed E-state index contributed by atoms with van der Waals surface area (Å²) in [6.07, 6.45) is 0. The topological polar surface area (TPSA) is 37.3 Å². The largest absolute Gasteiger partial charge is 0.481 e. The first-order chi connectivity index (χ1) is 9.49. The van der Waals surface area contributed by atoms with Gasteiger partial charge in [-0.1, -0.05) is 31.2 Å². The molecule has 0 heterocycles. The summed E-state index contributed by atoms with van der Waals surface area (Å²) in [5, 5.41) is 9.23. The van der Waals surface area contributed by atoms with Crippen LogP contribution in [0.1, 0.15) is 24.0 Å². The maximum atomic E-state index is 13.4. The van der Waals surface area contributed by atoms with Crippen molar-refractivity contribution < 1.29 is 18.7 Å². The van der Waals surface area contributed by atoms with Gasteiger partial charge in [0.1, 0.15) is 11.6 Å². The van der Waals surface area contributed by atoms with E-state index in [4.69, 9.17) is 0 Å². The summed E-state index contributed by atoms with van der Waals surface area (Å²) in [5.41, 5.74) is 1.04. The fourth-order valence-electron chi connectivity index (χ4n) is 2.31. The van der Waals surface area contributed by atoms with Crippen LogP contribution in [0, 0.1) is 17.6 Å². The van der Waals surface area contributed by atoms with E-state index < -0.39 is 29.4 Å². The lowest BCUT2D eigenvalue weighted by molar-refractivity contribution is -0.141. The zero-order chi connectivity index (χ0) is 14.7. The summed E-state index contributed by atoms with van der Waals surface area (Å²) in [7, 11) is 0. The number of carbonyl (C=O) groups is 1. The third-order valence-electron chi connectivity index (χ3n) is 3.31. The van der Waals surface area contributed by atoms with Gasteiger partial charge in [-0.15, -0.1) is 0 Å². The third-order valence-corrected chi connectivity index (χ3v) is 3.31. The zero-order valence-corrected chi connectivity index (χ0v) is 10.9. The van der Waals surface area contributed by atoms with Crippen molar-refractivity contribution in [2.45, 2.75) is 12.8 Å². The summed E-state index contributed by atoms with van der Waals surface area (Å²) >= 11 is 0. The average Bonchev–Trinajstić information content (AvgIpc) is 2.39. The van der Waals surface area contributed by atoms with Crippen molar-refractivity contribution in [3.63, 3.8) is 0 Å². The molecule has 4 heteroatoms. The van der Waals surface area contributed by atoms with Gasteiger partial charge in [0.25, 0.3) is 0 Å². The summed E-state index contributed by atoms with van der Waals surface area (Å²) < 4.78 is 26.7. The van der Waals surface area contributed by atoms with E-state index in [1.54, 1.807) is 12.1 Å². The van der Waals surface area contributed by atoms with E-state index in [1.165, 1.54) is 43.3 Å². The van der Waals surface area contributed by atoms with Gasteiger partial charge in [0.05, 0.1) is 5.92 Å². The first-order valence-electron chi connectivity index (χ1n) is 6.23. The van der Waals surface area contributed by atoms with Crippen LogP contribution in [0.25, 0.3) is 0 Å².